The number of carbonyl (C=O) groups excluding carboxylic acids is 1. The van der Waals surface area contributed by atoms with Crippen molar-refractivity contribution in [1.82, 2.24) is 9.55 Å². The molecule has 0 saturated carbocycles. The van der Waals surface area contributed by atoms with E-state index in [1.54, 1.807) is 30.3 Å². The number of hydrogen-bond donors (Lipinski definition) is 1. The summed E-state index contributed by atoms with van der Waals surface area (Å²) in [6.07, 6.45) is -0.131. The standard InChI is InChI=1S/C19H23N3O5/c1-12-14(11-25-2)27-18(16(12)26-3)22-10-9-15(21-19(22)24)20-17(23)13-7-5-4-6-8-13/h4-10,12,14,16,18H,11H2,1-3H3,(H,20,21,23,24)/i2TD. The number of aromatic nitrogens is 2. The third-order valence-corrected chi connectivity index (χ3v) is 4.61. The predicted octanol–water partition coefficient (Wildman–Crippen LogP) is 1.69. The Bertz CT molecular complexity index is 893. The molecule has 1 aliphatic heterocycles. The molecule has 2 aromatic rings. The van der Waals surface area contributed by atoms with E-state index in [2.05, 4.69) is 10.3 Å². The van der Waals surface area contributed by atoms with Gasteiger partial charge in [-0.1, -0.05) is 25.1 Å². The Morgan fingerprint density at radius 3 is 2.89 bits per heavy atom. The summed E-state index contributed by atoms with van der Waals surface area (Å²) in [5.74, 6) is -0.368. The highest BCUT2D eigenvalue weighted by Gasteiger charge is 2.43. The van der Waals surface area contributed by atoms with Gasteiger partial charge in [0.05, 0.1) is 15.5 Å². The maximum absolute atomic E-state index is 12.6. The molecule has 1 fully saturated rings. The number of methoxy groups -OCH3 is 2. The number of hydrogen-bond acceptors (Lipinski definition) is 6. The number of nitrogens with zero attached hydrogens (tertiary/aromatic N) is 2. The van der Waals surface area contributed by atoms with Gasteiger partial charge in [-0.3, -0.25) is 9.36 Å². The highest BCUT2D eigenvalue weighted by Crippen LogP contribution is 2.35. The molecular formula is C19H23N3O5. The summed E-state index contributed by atoms with van der Waals surface area (Å²) in [6.45, 7) is 1.93. The van der Waals surface area contributed by atoms with Crippen molar-refractivity contribution in [3.05, 3.63) is 58.6 Å². The van der Waals surface area contributed by atoms with Crippen LogP contribution in [0.5, 0.6) is 0 Å². The van der Waals surface area contributed by atoms with Crippen LogP contribution in [0.1, 0.15) is 26.3 Å². The van der Waals surface area contributed by atoms with E-state index in [1.807, 2.05) is 6.92 Å². The van der Waals surface area contributed by atoms with Gasteiger partial charge in [-0.05, 0) is 18.2 Å². The van der Waals surface area contributed by atoms with Gasteiger partial charge < -0.3 is 19.5 Å². The Labute approximate surface area is 159 Å². The summed E-state index contributed by atoms with van der Waals surface area (Å²) in [7, 11) is 0.105. The number of amides is 1. The molecule has 1 saturated heterocycles. The van der Waals surface area contributed by atoms with Crippen molar-refractivity contribution < 1.29 is 21.7 Å². The molecule has 0 radical (unpaired) electrons. The molecular weight excluding hydrogens is 350 g/mol. The van der Waals surface area contributed by atoms with E-state index < -0.39 is 31.2 Å². The first-order valence-electron chi connectivity index (χ1n) is 9.66. The molecule has 1 aromatic heterocycles. The first-order chi connectivity index (χ1) is 13.9. The van der Waals surface area contributed by atoms with Gasteiger partial charge in [0.1, 0.15) is 11.9 Å². The normalized spacial score (nSPS) is 26.9. The number of nitrogens with one attached hydrogen (secondary N) is 1. The fraction of sp³-hybridized carbons (Fsp3) is 0.421. The van der Waals surface area contributed by atoms with E-state index in [1.165, 1.54) is 23.9 Å². The lowest BCUT2D eigenvalue weighted by Crippen LogP contribution is -2.34. The Kier molecular flexibility index (Phi) is 5.18. The summed E-state index contributed by atoms with van der Waals surface area (Å²) in [4.78, 5) is 28.7. The lowest BCUT2D eigenvalue weighted by atomic mass is 10.0. The number of carbonyl (C=O) groups is 1. The molecule has 1 aromatic carbocycles. The molecule has 27 heavy (non-hydrogen) atoms. The van der Waals surface area contributed by atoms with E-state index in [0.717, 1.165) is 0 Å². The van der Waals surface area contributed by atoms with Gasteiger partial charge in [0, 0.05) is 31.8 Å². The van der Waals surface area contributed by atoms with E-state index in [9.17, 15) is 9.59 Å². The number of anilines is 1. The van der Waals surface area contributed by atoms with Crippen molar-refractivity contribution in [2.75, 3.05) is 26.1 Å². The minimum atomic E-state index is -1.41. The zero-order chi connectivity index (χ0) is 21.0. The predicted molar refractivity (Wildman–Crippen MR) is 98.6 cm³/mol. The highest BCUT2D eigenvalue weighted by molar-refractivity contribution is 6.03. The first-order valence-corrected chi connectivity index (χ1v) is 8.50. The second kappa shape index (κ2) is 8.43. The van der Waals surface area contributed by atoms with E-state index in [0.29, 0.717) is 5.56 Å². The van der Waals surface area contributed by atoms with Gasteiger partial charge in [-0.15, -0.1) is 0 Å². The van der Waals surface area contributed by atoms with Crippen LogP contribution < -0.4 is 11.0 Å². The molecule has 2 heterocycles. The van der Waals surface area contributed by atoms with Gasteiger partial charge in [-0.25, -0.2) is 4.79 Å². The van der Waals surface area contributed by atoms with Gasteiger partial charge in [0.25, 0.3) is 5.91 Å². The van der Waals surface area contributed by atoms with Crippen molar-refractivity contribution in [1.29, 1.82) is 0 Å². The van der Waals surface area contributed by atoms with E-state index in [4.69, 9.17) is 17.0 Å². The summed E-state index contributed by atoms with van der Waals surface area (Å²) < 4.78 is 32.0. The van der Waals surface area contributed by atoms with Crippen LogP contribution in [-0.4, -0.2) is 48.4 Å². The fourth-order valence-electron chi connectivity index (χ4n) is 3.15. The van der Waals surface area contributed by atoms with Gasteiger partial charge in [0.15, 0.2) is 6.23 Å². The van der Waals surface area contributed by atoms with Gasteiger partial charge >= 0.3 is 5.69 Å². The quantitative estimate of drug-likeness (QED) is 0.825. The molecule has 5 atom stereocenters. The summed E-state index contributed by atoms with van der Waals surface area (Å²) >= 11 is 0. The second-order valence-electron chi connectivity index (χ2n) is 6.28. The average Bonchev–Trinajstić information content (AvgIpc) is 3.02. The number of benzene rings is 1. The van der Waals surface area contributed by atoms with Gasteiger partial charge in [-0.2, -0.15) is 4.98 Å². The van der Waals surface area contributed by atoms with Crippen LogP contribution in [0.4, 0.5) is 5.82 Å². The molecule has 3 rings (SSSR count). The summed E-state index contributed by atoms with van der Waals surface area (Å²) in [5.41, 5.74) is -0.147. The Balaban J connectivity index is 1.75. The van der Waals surface area contributed by atoms with Crippen molar-refractivity contribution in [2.24, 2.45) is 5.92 Å². The minimum absolute atomic E-state index is 0.0442. The molecule has 0 spiro atoms. The fourth-order valence-corrected chi connectivity index (χ4v) is 3.15. The molecule has 1 amide bonds. The van der Waals surface area contributed by atoms with Crippen molar-refractivity contribution in [2.45, 2.75) is 25.4 Å². The van der Waals surface area contributed by atoms with Crippen LogP contribution in [0.25, 0.3) is 0 Å². The number of rotatable bonds is 6. The maximum atomic E-state index is 12.6. The molecule has 1 N–H and O–H groups in total. The van der Waals surface area contributed by atoms with Crippen LogP contribution in [0.3, 0.4) is 0 Å². The van der Waals surface area contributed by atoms with E-state index in [-0.39, 0.29) is 24.2 Å². The van der Waals surface area contributed by atoms with Crippen molar-refractivity contribution in [3.8, 4) is 0 Å². The van der Waals surface area contributed by atoms with Gasteiger partial charge in [0.2, 0.25) is 0 Å². The first kappa shape index (κ1) is 16.6. The van der Waals surface area contributed by atoms with Crippen molar-refractivity contribution >= 4 is 11.7 Å². The third-order valence-electron chi connectivity index (χ3n) is 4.61. The van der Waals surface area contributed by atoms with E-state index >= 15 is 0 Å². The molecule has 0 aliphatic carbocycles. The molecule has 144 valence electrons. The Hall–Kier alpha value is -2.55. The largest absolute Gasteiger partial charge is 0.382 e. The SMILES string of the molecule is [2H]C([3H])OCC1OC(n2ccc(NC(=O)c3ccccc3)nc2=O)C(OC)C1C. The Morgan fingerprint density at radius 1 is 1.44 bits per heavy atom. The Morgan fingerprint density at radius 2 is 2.22 bits per heavy atom. The zero-order valence-corrected chi connectivity index (χ0v) is 15.1. The van der Waals surface area contributed by atoms with Crippen LogP contribution in [0.15, 0.2) is 47.4 Å². The summed E-state index contributed by atoms with van der Waals surface area (Å²) in [6, 6.07) is 10.1. The lowest BCUT2D eigenvalue weighted by Gasteiger charge is -2.21. The summed E-state index contributed by atoms with van der Waals surface area (Å²) in [5, 5.41) is 2.60. The second-order valence-corrected chi connectivity index (χ2v) is 6.28. The maximum Gasteiger partial charge on any atom is 0.351 e. The average molecular weight is 376 g/mol. The van der Waals surface area contributed by atoms with Crippen LogP contribution >= 0.6 is 0 Å². The smallest absolute Gasteiger partial charge is 0.351 e. The highest BCUT2D eigenvalue weighted by atomic mass is 16.6. The lowest BCUT2D eigenvalue weighted by molar-refractivity contribution is -0.0665. The van der Waals surface area contributed by atoms with Crippen LogP contribution in [0.2, 0.25) is 0 Å². The van der Waals surface area contributed by atoms with Crippen LogP contribution in [-0.2, 0) is 14.2 Å². The molecule has 1 aliphatic rings. The number of ether oxygens (including phenoxy) is 3. The topological polar surface area (TPSA) is 91.7 Å². The molecule has 8 heteroatoms. The third kappa shape index (κ3) is 4.08. The van der Waals surface area contributed by atoms with Crippen molar-refractivity contribution in [3.63, 3.8) is 0 Å². The molecule has 5 unspecified atom stereocenters. The zero-order valence-electron chi connectivity index (χ0n) is 17.1. The molecule has 0 bridgehead atoms. The minimum Gasteiger partial charge on any atom is -0.382 e. The van der Waals surface area contributed by atoms with Crippen LogP contribution in [0, 0.1) is 5.92 Å². The monoisotopic (exact) mass is 376 g/mol. The molecule has 8 nitrogen and oxygen atoms in total.